The molecular formula is C26H29NO4. The standard InChI is InChI=1S/C26H29NO4/c1-30-23-10-9-20(18-24(23)31-22-7-2-3-8-22)26(14-11-19(12-15-26)25(28)29)16-13-21-6-4-5-17-27-21/h4-6,9-10,17-19,22H,2-3,7-8,11-12,14-15H2,1H3,(H,28,29). The average Bonchev–Trinajstić information content (AvgIpc) is 3.32. The van der Waals surface area contributed by atoms with Crippen LogP contribution in [0.3, 0.4) is 0 Å². The van der Waals surface area contributed by atoms with Gasteiger partial charge in [-0.3, -0.25) is 4.79 Å². The van der Waals surface area contributed by atoms with Crippen LogP contribution in [0.25, 0.3) is 0 Å². The number of nitrogens with zero attached hydrogens (tertiary/aromatic N) is 1. The van der Waals surface area contributed by atoms with Gasteiger partial charge in [0.1, 0.15) is 5.69 Å². The van der Waals surface area contributed by atoms with Crippen molar-refractivity contribution < 1.29 is 19.4 Å². The van der Waals surface area contributed by atoms with Crippen molar-refractivity contribution in [1.82, 2.24) is 4.98 Å². The number of hydrogen-bond acceptors (Lipinski definition) is 4. The highest BCUT2D eigenvalue weighted by molar-refractivity contribution is 5.70. The van der Waals surface area contributed by atoms with Crippen LogP contribution >= 0.6 is 0 Å². The summed E-state index contributed by atoms with van der Waals surface area (Å²) >= 11 is 0. The van der Waals surface area contributed by atoms with Gasteiger partial charge in [-0.15, -0.1) is 0 Å². The van der Waals surface area contributed by atoms with Crippen LogP contribution in [-0.2, 0) is 10.2 Å². The average molecular weight is 420 g/mol. The second-order valence-electron chi connectivity index (χ2n) is 8.55. The summed E-state index contributed by atoms with van der Waals surface area (Å²) in [5.74, 6) is 7.18. The third-order valence-electron chi connectivity index (χ3n) is 6.60. The third-order valence-corrected chi connectivity index (χ3v) is 6.60. The van der Waals surface area contributed by atoms with Gasteiger partial charge in [0.2, 0.25) is 0 Å². The molecule has 0 amide bonds. The zero-order valence-electron chi connectivity index (χ0n) is 18.0. The molecule has 2 saturated carbocycles. The fourth-order valence-electron chi connectivity index (χ4n) is 4.72. The largest absolute Gasteiger partial charge is 0.493 e. The lowest BCUT2D eigenvalue weighted by Crippen LogP contribution is -2.33. The first kappa shape index (κ1) is 21.2. The van der Waals surface area contributed by atoms with Crippen molar-refractivity contribution in [1.29, 1.82) is 0 Å². The van der Waals surface area contributed by atoms with Gasteiger partial charge in [-0.2, -0.15) is 0 Å². The Kier molecular flexibility index (Phi) is 6.46. The number of pyridine rings is 1. The Labute approximate surface area is 183 Å². The van der Waals surface area contributed by atoms with Crippen LogP contribution < -0.4 is 9.47 Å². The van der Waals surface area contributed by atoms with Gasteiger partial charge in [-0.25, -0.2) is 4.98 Å². The number of ether oxygens (including phenoxy) is 2. The Morgan fingerprint density at radius 2 is 1.87 bits per heavy atom. The molecule has 162 valence electrons. The van der Waals surface area contributed by atoms with Gasteiger partial charge in [-0.05, 0) is 87.1 Å². The fraction of sp³-hybridized carbons (Fsp3) is 0.462. The molecule has 5 heteroatoms. The number of hydrogen-bond donors (Lipinski definition) is 1. The van der Waals surface area contributed by atoms with E-state index in [0.717, 1.165) is 35.6 Å². The van der Waals surface area contributed by atoms with Crippen molar-refractivity contribution >= 4 is 5.97 Å². The Balaban J connectivity index is 1.69. The molecule has 1 aromatic carbocycles. The molecule has 0 bridgehead atoms. The van der Waals surface area contributed by atoms with Crippen LogP contribution in [0.15, 0.2) is 42.6 Å². The lowest BCUT2D eigenvalue weighted by Gasteiger charge is -2.36. The maximum atomic E-state index is 11.5. The quantitative estimate of drug-likeness (QED) is 0.693. The van der Waals surface area contributed by atoms with E-state index in [4.69, 9.17) is 9.47 Å². The van der Waals surface area contributed by atoms with Crippen LogP contribution in [-0.4, -0.2) is 29.3 Å². The number of carboxylic acid groups (broad SMARTS) is 1. The fourth-order valence-corrected chi connectivity index (χ4v) is 4.72. The molecular weight excluding hydrogens is 390 g/mol. The Bertz CT molecular complexity index is 962. The normalized spacial score (nSPS) is 23.6. The summed E-state index contributed by atoms with van der Waals surface area (Å²) in [7, 11) is 1.66. The molecule has 0 unspecified atom stereocenters. The van der Waals surface area contributed by atoms with E-state index in [1.807, 2.05) is 24.3 Å². The molecule has 0 spiro atoms. The van der Waals surface area contributed by atoms with E-state index in [1.54, 1.807) is 13.3 Å². The molecule has 2 aromatic rings. The summed E-state index contributed by atoms with van der Waals surface area (Å²) in [4.78, 5) is 15.9. The predicted molar refractivity (Wildman–Crippen MR) is 118 cm³/mol. The highest BCUT2D eigenvalue weighted by atomic mass is 16.5. The number of methoxy groups -OCH3 is 1. The van der Waals surface area contributed by atoms with Crippen LogP contribution in [0.5, 0.6) is 11.5 Å². The second-order valence-corrected chi connectivity index (χ2v) is 8.55. The predicted octanol–water partition coefficient (Wildman–Crippen LogP) is 4.98. The molecule has 0 atom stereocenters. The summed E-state index contributed by atoms with van der Waals surface area (Å²) in [6, 6.07) is 11.8. The van der Waals surface area contributed by atoms with Crippen LogP contribution in [0.1, 0.15) is 62.6 Å². The van der Waals surface area contributed by atoms with E-state index >= 15 is 0 Å². The highest BCUT2D eigenvalue weighted by Gasteiger charge is 2.38. The van der Waals surface area contributed by atoms with E-state index in [1.165, 1.54) is 12.8 Å². The van der Waals surface area contributed by atoms with Crippen molar-refractivity contribution in [3.05, 3.63) is 53.9 Å². The van der Waals surface area contributed by atoms with Crippen molar-refractivity contribution in [2.75, 3.05) is 7.11 Å². The van der Waals surface area contributed by atoms with E-state index in [-0.39, 0.29) is 12.0 Å². The molecule has 2 aliphatic carbocycles. The van der Waals surface area contributed by atoms with Crippen molar-refractivity contribution in [3.63, 3.8) is 0 Å². The van der Waals surface area contributed by atoms with Crippen molar-refractivity contribution in [2.24, 2.45) is 5.92 Å². The summed E-state index contributed by atoms with van der Waals surface area (Å²) in [6.07, 6.45) is 9.09. The minimum absolute atomic E-state index is 0.224. The SMILES string of the molecule is COc1ccc(C2(C#Cc3ccccn3)CCC(C(=O)O)CC2)cc1OC1CCCC1. The summed E-state index contributed by atoms with van der Waals surface area (Å²) in [5.41, 5.74) is 1.36. The van der Waals surface area contributed by atoms with Gasteiger partial charge < -0.3 is 14.6 Å². The molecule has 0 radical (unpaired) electrons. The number of aromatic nitrogens is 1. The summed E-state index contributed by atoms with van der Waals surface area (Å²) in [6.45, 7) is 0. The lowest BCUT2D eigenvalue weighted by atomic mass is 9.67. The minimum Gasteiger partial charge on any atom is -0.493 e. The molecule has 1 N–H and O–H groups in total. The maximum absolute atomic E-state index is 11.5. The molecule has 1 heterocycles. The zero-order valence-corrected chi connectivity index (χ0v) is 18.0. The molecule has 31 heavy (non-hydrogen) atoms. The molecule has 2 aliphatic rings. The first-order valence-corrected chi connectivity index (χ1v) is 11.1. The molecule has 5 nitrogen and oxygen atoms in total. The molecule has 1 aromatic heterocycles. The van der Waals surface area contributed by atoms with Gasteiger partial charge in [0.05, 0.1) is 24.5 Å². The summed E-state index contributed by atoms with van der Waals surface area (Å²) < 4.78 is 11.9. The Morgan fingerprint density at radius 1 is 1.10 bits per heavy atom. The van der Waals surface area contributed by atoms with E-state index in [0.29, 0.717) is 25.7 Å². The lowest BCUT2D eigenvalue weighted by molar-refractivity contribution is -0.143. The first-order chi connectivity index (χ1) is 15.1. The monoisotopic (exact) mass is 419 g/mol. The van der Waals surface area contributed by atoms with Crippen LogP contribution in [0, 0.1) is 17.8 Å². The van der Waals surface area contributed by atoms with Crippen molar-refractivity contribution in [3.8, 4) is 23.3 Å². The highest BCUT2D eigenvalue weighted by Crippen LogP contribution is 2.44. The van der Waals surface area contributed by atoms with Gasteiger partial charge in [-0.1, -0.05) is 18.1 Å². The Morgan fingerprint density at radius 3 is 2.52 bits per heavy atom. The second kappa shape index (κ2) is 9.43. The van der Waals surface area contributed by atoms with Gasteiger partial charge in [0.15, 0.2) is 11.5 Å². The van der Waals surface area contributed by atoms with E-state index in [2.05, 4.69) is 29.0 Å². The molecule has 0 aliphatic heterocycles. The number of benzene rings is 1. The van der Waals surface area contributed by atoms with E-state index < -0.39 is 11.4 Å². The number of rotatable bonds is 5. The molecule has 2 fully saturated rings. The molecule has 4 rings (SSSR count). The third kappa shape index (κ3) is 4.85. The van der Waals surface area contributed by atoms with Gasteiger partial charge in [0, 0.05) is 6.20 Å². The van der Waals surface area contributed by atoms with Crippen LogP contribution in [0.2, 0.25) is 0 Å². The Hall–Kier alpha value is -3.00. The number of aliphatic carboxylic acids is 1. The maximum Gasteiger partial charge on any atom is 0.306 e. The van der Waals surface area contributed by atoms with E-state index in [9.17, 15) is 9.90 Å². The zero-order chi connectivity index (χ0) is 21.7. The molecule has 0 saturated heterocycles. The summed E-state index contributed by atoms with van der Waals surface area (Å²) in [5, 5.41) is 9.48. The minimum atomic E-state index is -0.716. The van der Waals surface area contributed by atoms with Crippen LogP contribution in [0.4, 0.5) is 0 Å². The van der Waals surface area contributed by atoms with Gasteiger partial charge in [0.25, 0.3) is 0 Å². The first-order valence-electron chi connectivity index (χ1n) is 11.1. The topological polar surface area (TPSA) is 68.7 Å². The van der Waals surface area contributed by atoms with Gasteiger partial charge >= 0.3 is 5.97 Å². The number of carbonyl (C=O) groups is 1. The smallest absolute Gasteiger partial charge is 0.306 e. The van der Waals surface area contributed by atoms with Crippen molar-refractivity contribution in [2.45, 2.75) is 62.9 Å². The number of carboxylic acids is 1.